The Hall–Kier alpha value is -3.47. The molecule has 4 rings (SSSR count). The predicted molar refractivity (Wildman–Crippen MR) is 138 cm³/mol. The van der Waals surface area contributed by atoms with E-state index >= 15 is 0 Å². The number of nitrogens with one attached hydrogen (secondary N) is 2. The Labute approximate surface area is 210 Å². The summed E-state index contributed by atoms with van der Waals surface area (Å²) in [5, 5.41) is 15.4. The van der Waals surface area contributed by atoms with E-state index in [0.29, 0.717) is 30.9 Å². The Balaban J connectivity index is 1.56. The van der Waals surface area contributed by atoms with Crippen molar-refractivity contribution >= 4 is 23.2 Å². The standard InChI is InChI=1S/C28H30N4O2S/c1-2-30-26(25(20-10-5-3-6-11-20)21-12-7-4-8-13-21)28(34)32-17-9-14-24(32)27(33)31-19-23-16-15-22(18-29)35-23/h3-8,10-13,15-16,24-26,30H,2,9,14,17,19H2,1H3,(H,31,33). The van der Waals surface area contributed by atoms with Crippen LogP contribution < -0.4 is 10.6 Å². The molecule has 2 N–H and O–H groups in total. The fraction of sp³-hybridized carbons (Fsp3) is 0.321. The number of carbonyl (C=O) groups is 2. The van der Waals surface area contributed by atoms with E-state index in [0.717, 1.165) is 22.4 Å². The van der Waals surface area contributed by atoms with Gasteiger partial charge in [0.2, 0.25) is 11.8 Å². The highest BCUT2D eigenvalue weighted by Crippen LogP contribution is 2.31. The monoisotopic (exact) mass is 486 g/mol. The molecule has 0 spiro atoms. The number of thiophene rings is 1. The summed E-state index contributed by atoms with van der Waals surface area (Å²) in [6.45, 7) is 3.55. The van der Waals surface area contributed by atoms with E-state index in [4.69, 9.17) is 5.26 Å². The zero-order chi connectivity index (χ0) is 24.6. The number of likely N-dealkylation sites (N-methyl/N-ethyl adjacent to an activating group) is 1. The van der Waals surface area contributed by atoms with Gasteiger partial charge in [-0.1, -0.05) is 67.6 Å². The van der Waals surface area contributed by atoms with Gasteiger partial charge in [-0.25, -0.2) is 0 Å². The number of hydrogen-bond acceptors (Lipinski definition) is 5. The first kappa shape index (κ1) is 24.6. The number of likely N-dealkylation sites (tertiary alicyclic amines) is 1. The number of benzene rings is 2. The number of amides is 2. The van der Waals surface area contributed by atoms with Crippen molar-refractivity contribution in [1.82, 2.24) is 15.5 Å². The lowest BCUT2D eigenvalue weighted by atomic mass is 9.84. The lowest BCUT2D eigenvalue weighted by molar-refractivity contribution is -0.140. The number of hydrogen-bond donors (Lipinski definition) is 2. The summed E-state index contributed by atoms with van der Waals surface area (Å²) in [6.07, 6.45) is 1.44. The van der Waals surface area contributed by atoms with Crippen molar-refractivity contribution in [2.45, 2.75) is 44.3 Å². The highest BCUT2D eigenvalue weighted by Gasteiger charge is 2.40. The van der Waals surface area contributed by atoms with Crippen LogP contribution in [0.4, 0.5) is 0 Å². The maximum Gasteiger partial charge on any atom is 0.243 e. The fourth-order valence-electron chi connectivity index (χ4n) is 4.77. The van der Waals surface area contributed by atoms with Crippen LogP contribution in [0.3, 0.4) is 0 Å². The Morgan fingerprint density at radius 1 is 1.06 bits per heavy atom. The summed E-state index contributed by atoms with van der Waals surface area (Å²) < 4.78 is 0. The Morgan fingerprint density at radius 2 is 1.71 bits per heavy atom. The fourth-order valence-corrected chi connectivity index (χ4v) is 5.52. The molecule has 0 aliphatic carbocycles. The zero-order valence-electron chi connectivity index (χ0n) is 19.8. The van der Waals surface area contributed by atoms with Crippen molar-refractivity contribution in [3.8, 4) is 6.07 Å². The molecule has 6 nitrogen and oxygen atoms in total. The predicted octanol–water partition coefficient (Wildman–Crippen LogP) is 4.04. The number of nitrogens with zero attached hydrogens (tertiary/aromatic N) is 2. The van der Waals surface area contributed by atoms with Crippen LogP contribution >= 0.6 is 11.3 Å². The topological polar surface area (TPSA) is 85.2 Å². The second-order valence-electron chi connectivity index (χ2n) is 8.62. The molecule has 2 heterocycles. The van der Waals surface area contributed by atoms with E-state index in [1.54, 1.807) is 11.0 Å². The van der Waals surface area contributed by atoms with Gasteiger partial charge >= 0.3 is 0 Å². The Morgan fingerprint density at radius 3 is 2.29 bits per heavy atom. The van der Waals surface area contributed by atoms with Gasteiger partial charge in [0.1, 0.15) is 17.0 Å². The van der Waals surface area contributed by atoms with Gasteiger partial charge in [0.05, 0.1) is 12.6 Å². The molecule has 2 atom stereocenters. The van der Waals surface area contributed by atoms with E-state index in [-0.39, 0.29) is 17.7 Å². The minimum absolute atomic E-state index is 0.0508. The van der Waals surface area contributed by atoms with Crippen LogP contribution in [0, 0.1) is 11.3 Å². The zero-order valence-corrected chi connectivity index (χ0v) is 20.6. The first-order valence-corrected chi connectivity index (χ1v) is 12.8. The van der Waals surface area contributed by atoms with Crippen LogP contribution in [0.15, 0.2) is 72.8 Å². The van der Waals surface area contributed by atoms with Gasteiger partial charge < -0.3 is 15.5 Å². The summed E-state index contributed by atoms with van der Waals surface area (Å²) in [5.41, 5.74) is 2.12. The number of rotatable bonds is 9. The normalized spacial score (nSPS) is 16.1. The van der Waals surface area contributed by atoms with Crippen LogP contribution in [0.5, 0.6) is 0 Å². The molecule has 0 saturated carbocycles. The average molecular weight is 487 g/mol. The Kier molecular flexibility index (Phi) is 8.30. The molecule has 2 unspecified atom stereocenters. The first-order valence-electron chi connectivity index (χ1n) is 12.0. The minimum Gasteiger partial charge on any atom is -0.349 e. The van der Waals surface area contributed by atoms with Gasteiger partial charge in [-0.3, -0.25) is 9.59 Å². The third-order valence-corrected chi connectivity index (χ3v) is 7.38. The number of nitriles is 1. The van der Waals surface area contributed by atoms with Crippen molar-refractivity contribution in [2.75, 3.05) is 13.1 Å². The minimum atomic E-state index is -0.494. The molecule has 3 aromatic rings. The average Bonchev–Trinajstić information content (AvgIpc) is 3.58. The lowest BCUT2D eigenvalue weighted by Crippen LogP contribution is -2.54. The van der Waals surface area contributed by atoms with Crippen LogP contribution in [-0.2, 0) is 16.1 Å². The smallest absolute Gasteiger partial charge is 0.243 e. The van der Waals surface area contributed by atoms with Crippen molar-refractivity contribution in [1.29, 1.82) is 5.26 Å². The molecule has 7 heteroatoms. The second-order valence-corrected chi connectivity index (χ2v) is 9.79. The molecule has 0 radical (unpaired) electrons. The molecule has 1 aliphatic heterocycles. The van der Waals surface area contributed by atoms with Crippen molar-refractivity contribution < 1.29 is 9.59 Å². The van der Waals surface area contributed by atoms with Crippen LogP contribution in [-0.4, -0.2) is 41.9 Å². The van der Waals surface area contributed by atoms with Crippen LogP contribution in [0.1, 0.15) is 46.6 Å². The maximum absolute atomic E-state index is 14.0. The molecule has 180 valence electrons. The van der Waals surface area contributed by atoms with Gasteiger partial charge in [0.15, 0.2) is 0 Å². The first-order chi connectivity index (χ1) is 17.1. The van der Waals surface area contributed by atoms with E-state index < -0.39 is 12.1 Å². The molecule has 2 amide bonds. The third-order valence-electron chi connectivity index (χ3n) is 6.39. The summed E-state index contributed by atoms with van der Waals surface area (Å²) in [4.78, 5) is 30.4. The highest BCUT2D eigenvalue weighted by atomic mass is 32.1. The second kappa shape index (κ2) is 11.8. The van der Waals surface area contributed by atoms with Crippen molar-refractivity contribution in [3.63, 3.8) is 0 Å². The van der Waals surface area contributed by atoms with Gasteiger partial charge in [-0.2, -0.15) is 5.26 Å². The largest absolute Gasteiger partial charge is 0.349 e. The van der Waals surface area contributed by atoms with Crippen molar-refractivity contribution in [2.24, 2.45) is 0 Å². The van der Waals surface area contributed by atoms with Gasteiger partial charge in [0.25, 0.3) is 0 Å². The van der Waals surface area contributed by atoms with Gasteiger partial charge in [0, 0.05) is 17.3 Å². The quantitative estimate of drug-likeness (QED) is 0.478. The number of carbonyl (C=O) groups excluding carboxylic acids is 2. The molecule has 0 bridgehead atoms. The van der Waals surface area contributed by atoms with Crippen LogP contribution in [0.2, 0.25) is 0 Å². The highest BCUT2D eigenvalue weighted by molar-refractivity contribution is 7.12. The molecule has 2 aromatic carbocycles. The maximum atomic E-state index is 14.0. The van der Waals surface area contributed by atoms with Gasteiger partial charge in [-0.15, -0.1) is 11.3 Å². The summed E-state index contributed by atoms with van der Waals surface area (Å²) in [5.74, 6) is -0.372. The molecule has 1 aliphatic rings. The lowest BCUT2D eigenvalue weighted by Gasteiger charge is -2.33. The SMILES string of the molecule is CCNC(C(=O)N1CCCC1C(=O)NCc1ccc(C#N)s1)C(c1ccccc1)c1ccccc1. The summed E-state index contributed by atoms with van der Waals surface area (Å²) in [7, 11) is 0. The molecular weight excluding hydrogens is 456 g/mol. The van der Waals surface area contributed by atoms with E-state index in [9.17, 15) is 9.59 Å². The summed E-state index contributed by atoms with van der Waals surface area (Å²) in [6, 6.07) is 24.9. The molecule has 35 heavy (non-hydrogen) atoms. The van der Waals surface area contributed by atoms with E-state index in [2.05, 4.69) is 41.0 Å². The summed E-state index contributed by atoms with van der Waals surface area (Å²) >= 11 is 1.37. The van der Waals surface area contributed by atoms with E-state index in [1.165, 1.54) is 11.3 Å². The molecule has 1 aromatic heterocycles. The molecular formula is C28H30N4O2S. The third kappa shape index (κ3) is 5.79. The van der Waals surface area contributed by atoms with Gasteiger partial charge in [-0.05, 0) is 42.6 Å². The van der Waals surface area contributed by atoms with Crippen molar-refractivity contribution in [3.05, 3.63) is 93.7 Å². The molecule has 1 fully saturated rings. The van der Waals surface area contributed by atoms with E-state index in [1.807, 2.05) is 49.4 Å². The Bertz CT molecular complexity index is 1130. The van der Waals surface area contributed by atoms with Crippen LogP contribution in [0.25, 0.3) is 0 Å². The molecule has 1 saturated heterocycles.